The van der Waals surface area contributed by atoms with E-state index < -0.39 is 74.0 Å². The van der Waals surface area contributed by atoms with E-state index in [-0.39, 0.29) is 5.75 Å². The molecule has 0 bridgehead atoms. The van der Waals surface area contributed by atoms with Crippen LogP contribution >= 0.6 is 19.2 Å². The summed E-state index contributed by atoms with van der Waals surface area (Å²) in [6, 6.07) is 7.65. The van der Waals surface area contributed by atoms with Crippen LogP contribution in [0.5, 0.6) is 5.75 Å². The fourth-order valence-electron chi connectivity index (χ4n) is 3.42. The molecule has 13 nitrogen and oxygen atoms in total. The second kappa shape index (κ2) is 12.3. The standard InChI is InChI=1S/C23H28ClN4O9P/c1-14(2)35-19(30)15(3)12-38(33,37-16-7-5-4-6-8-16)34-11-17-18(29)23(32,9-10-24)20(36-17)28-13-26-21(25)27-22(28)31/h4-8,13-15,17-18,20,29,32H,11-12H2,1-3H3,(H2,25,27,31)/t15-,17-,18+,20-,23?,38+/m1/s1/i11D2. The van der Waals surface area contributed by atoms with Gasteiger partial charge in [-0.15, -0.1) is 0 Å². The minimum atomic E-state index is -4.58. The number of aliphatic hydroxyl groups is 2. The van der Waals surface area contributed by atoms with Gasteiger partial charge in [-0.25, -0.2) is 14.3 Å². The normalized spacial score (nSPS) is 26.3. The van der Waals surface area contributed by atoms with Crippen LogP contribution in [0.25, 0.3) is 0 Å². The summed E-state index contributed by atoms with van der Waals surface area (Å²) in [7, 11) is -4.58. The Morgan fingerprint density at radius 1 is 1.39 bits per heavy atom. The Morgan fingerprint density at radius 3 is 2.68 bits per heavy atom. The maximum absolute atomic E-state index is 14.0. The van der Waals surface area contributed by atoms with E-state index in [2.05, 4.69) is 15.9 Å². The van der Waals surface area contributed by atoms with Crippen LogP contribution in [0, 0.1) is 17.2 Å². The number of ether oxygens (including phenoxy) is 2. The number of nitrogen functional groups attached to an aromatic ring is 1. The zero-order valence-corrected chi connectivity index (χ0v) is 22.2. The number of hydrogen-bond donors (Lipinski definition) is 3. The molecule has 6 atom stereocenters. The largest absolute Gasteiger partial charge is 0.463 e. The highest BCUT2D eigenvalue weighted by Crippen LogP contribution is 2.51. The molecule has 206 valence electrons. The molecular formula is C23H28ClN4O9P. The summed E-state index contributed by atoms with van der Waals surface area (Å²) in [5.74, 6) is -0.0696. The van der Waals surface area contributed by atoms with Gasteiger partial charge in [0.05, 0.1) is 27.5 Å². The number of nitrogens with two attached hydrogens (primary N) is 1. The molecule has 1 aliphatic heterocycles. The number of para-hydroxylation sites is 1. The Bertz CT molecular complexity index is 1390. The van der Waals surface area contributed by atoms with Crippen molar-refractivity contribution in [1.29, 1.82) is 0 Å². The lowest BCUT2D eigenvalue weighted by molar-refractivity contribution is -0.151. The van der Waals surface area contributed by atoms with E-state index in [9.17, 15) is 24.4 Å². The number of carbonyl (C=O) groups excluding carboxylic acids is 1. The van der Waals surface area contributed by atoms with Gasteiger partial charge in [-0.05, 0) is 43.5 Å². The van der Waals surface area contributed by atoms with Crippen LogP contribution in [-0.2, 0) is 23.4 Å². The number of anilines is 1. The molecule has 1 aromatic carbocycles. The molecule has 38 heavy (non-hydrogen) atoms. The quantitative estimate of drug-likeness (QED) is 0.211. The van der Waals surface area contributed by atoms with Crippen molar-refractivity contribution in [2.45, 2.75) is 50.9 Å². The smallest absolute Gasteiger partial charge is 0.380 e. The third-order valence-corrected chi connectivity index (χ3v) is 7.14. The van der Waals surface area contributed by atoms with E-state index in [0.717, 1.165) is 6.33 Å². The molecule has 2 aromatic rings. The SMILES string of the molecule is [2H]C([2H])(O[P@@](=O)(C[C@@H](C)C(=O)OC(C)C)Oc1ccccc1)[C@H]1O[C@@H](n2cnc(N)nc2=O)C(O)(C#CCl)[C@H]1O. The number of halogens is 1. The van der Waals surface area contributed by atoms with E-state index in [0.29, 0.717) is 4.57 Å². The fourth-order valence-corrected chi connectivity index (χ4v) is 5.28. The molecule has 1 unspecified atom stereocenters. The molecule has 1 saturated heterocycles. The zero-order chi connectivity index (χ0) is 29.9. The van der Waals surface area contributed by atoms with Gasteiger partial charge in [0.1, 0.15) is 24.3 Å². The minimum Gasteiger partial charge on any atom is -0.463 e. The van der Waals surface area contributed by atoms with Crippen molar-refractivity contribution in [2.24, 2.45) is 5.92 Å². The molecule has 1 aliphatic rings. The Morgan fingerprint density at radius 2 is 2.08 bits per heavy atom. The third kappa shape index (κ3) is 6.91. The first-order chi connectivity index (χ1) is 18.6. The molecule has 2 heterocycles. The predicted octanol–water partition coefficient (Wildman–Crippen LogP) is 1.29. The molecule has 0 saturated carbocycles. The number of nitrogens with zero attached hydrogens (tertiary/aromatic N) is 3. The fraction of sp³-hybridized carbons (Fsp3) is 0.478. The maximum atomic E-state index is 14.0. The molecule has 1 aromatic heterocycles. The van der Waals surface area contributed by atoms with Crippen LogP contribution in [0.1, 0.15) is 29.7 Å². The molecule has 15 heteroatoms. The van der Waals surface area contributed by atoms with E-state index >= 15 is 0 Å². The van der Waals surface area contributed by atoms with E-state index in [4.69, 9.17) is 38.6 Å². The molecule has 3 rings (SSSR count). The van der Waals surface area contributed by atoms with Gasteiger partial charge in [0, 0.05) is 5.38 Å². The average molecular weight is 573 g/mol. The summed E-state index contributed by atoms with van der Waals surface area (Å²) in [6.07, 6.45) is -6.52. The summed E-state index contributed by atoms with van der Waals surface area (Å²) in [5, 5.41) is 24.0. The van der Waals surface area contributed by atoms with E-state index in [1.165, 1.54) is 19.1 Å². The predicted molar refractivity (Wildman–Crippen MR) is 135 cm³/mol. The lowest BCUT2D eigenvalue weighted by Gasteiger charge is -2.26. The number of benzene rings is 1. The second-order valence-electron chi connectivity index (χ2n) is 8.60. The zero-order valence-electron chi connectivity index (χ0n) is 22.6. The summed E-state index contributed by atoms with van der Waals surface area (Å²) in [6.45, 7) is 1.46. The molecule has 0 aliphatic carbocycles. The lowest BCUT2D eigenvalue weighted by atomic mass is 9.95. The van der Waals surface area contributed by atoms with Crippen molar-refractivity contribution in [1.82, 2.24) is 14.5 Å². The van der Waals surface area contributed by atoms with Gasteiger partial charge in [0.15, 0.2) is 6.23 Å². The van der Waals surface area contributed by atoms with Gasteiger partial charge >= 0.3 is 19.3 Å². The van der Waals surface area contributed by atoms with Crippen LogP contribution in [0.3, 0.4) is 0 Å². The summed E-state index contributed by atoms with van der Waals surface area (Å²) in [5.41, 5.74) is 1.64. The van der Waals surface area contributed by atoms with Crippen molar-refractivity contribution in [2.75, 3.05) is 18.5 Å². The number of aliphatic hydroxyl groups excluding tert-OH is 1. The molecule has 0 amide bonds. The van der Waals surface area contributed by atoms with Gasteiger partial charge in [-0.3, -0.25) is 13.9 Å². The lowest BCUT2D eigenvalue weighted by Crippen LogP contribution is -2.48. The van der Waals surface area contributed by atoms with E-state index in [1.54, 1.807) is 32.0 Å². The van der Waals surface area contributed by atoms with E-state index in [1.807, 2.05) is 5.38 Å². The number of hydrogen-bond acceptors (Lipinski definition) is 12. The summed E-state index contributed by atoms with van der Waals surface area (Å²) in [4.78, 5) is 31.9. The van der Waals surface area contributed by atoms with Crippen molar-refractivity contribution in [3.63, 3.8) is 0 Å². The molecule has 0 radical (unpaired) electrons. The van der Waals surface area contributed by atoms with Crippen molar-refractivity contribution in [3.05, 3.63) is 47.1 Å². The first-order valence-corrected chi connectivity index (χ1v) is 13.4. The topological polar surface area (TPSA) is 185 Å². The van der Waals surface area contributed by atoms with Crippen molar-refractivity contribution < 1.29 is 40.8 Å². The van der Waals surface area contributed by atoms with Gasteiger partial charge in [0.2, 0.25) is 11.5 Å². The molecule has 1 fully saturated rings. The van der Waals surface area contributed by atoms with Crippen LogP contribution in [0.15, 0.2) is 41.5 Å². The van der Waals surface area contributed by atoms with Crippen molar-refractivity contribution in [3.8, 4) is 17.0 Å². The number of carbonyl (C=O) groups is 1. The van der Waals surface area contributed by atoms with Crippen LogP contribution in [-0.4, -0.2) is 67.4 Å². The highest BCUT2D eigenvalue weighted by molar-refractivity contribution is 7.54. The number of rotatable bonds is 10. The minimum absolute atomic E-state index is 0.0342. The molecule has 0 spiro atoms. The van der Waals surface area contributed by atoms with Gasteiger partial charge in [0.25, 0.3) is 0 Å². The summed E-state index contributed by atoms with van der Waals surface area (Å²) >= 11 is 5.48. The monoisotopic (exact) mass is 572 g/mol. The first-order valence-electron chi connectivity index (χ1n) is 12.3. The Balaban J connectivity index is 1.99. The second-order valence-corrected chi connectivity index (χ2v) is 10.7. The Kier molecular flexibility index (Phi) is 8.58. The van der Waals surface area contributed by atoms with Crippen LogP contribution in [0.4, 0.5) is 5.95 Å². The van der Waals surface area contributed by atoms with Gasteiger partial charge in [-0.1, -0.05) is 25.1 Å². The Labute approximate surface area is 226 Å². The molecule has 4 N–H and O–H groups in total. The molecular weight excluding hydrogens is 543 g/mol. The van der Waals surface area contributed by atoms with Crippen LogP contribution in [0.2, 0.25) is 0 Å². The van der Waals surface area contributed by atoms with Gasteiger partial charge in [-0.2, -0.15) is 4.98 Å². The highest BCUT2D eigenvalue weighted by Gasteiger charge is 2.57. The number of aromatic nitrogens is 3. The summed E-state index contributed by atoms with van der Waals surface area (Å²) < 4.78 is 53.3. The Hall–Kier alpha value is -2.98. The van der Waals surface area contributed by atoms with Crippen LogP contribution < -0.4 is 15.9 Å². The average Bonchev–Trinajstić information content (AvgIpc) is 3.10. The maximum Gasteiger partial charge on any atom is 0.380 e. The van der Waals surface area contributed by atoms with Crippen molar-refractivity contribution >= 4 is 31.1 Å². The van der Waals surface area contributed by atoms with Gasteiger partial charge < -0.3 is 29.9 Å². The highest BCUT2D eigenvalue weighted by atomic mass is 35.5. The first kappa shape index (κ1) is 26.6. The number of esters is 1. The third-order valence-electron chi connectivity index (χ3n) is 5.18.